The maximum atomic E-state index is 13.5. The number of pyridine rings is 1. The molecular weight excluding hydrogens is 889 g/mol. The fourth-order valence-corrected chi connectivity index (χ4v) is 8.28. The molecule has 0 bridgehead atoms. The van der Waals surface area contributed by atoms with E-state index in [0.29, 0.717) is 67.2 Å². The molecule has 4 aromatic carbocycles. The zero-order chi connectivity index (χ0) is 46.4. The topological polar surface area (TPSA) is 226 Å². The number of fused-ring (bicyclic) bond motifs is 4. The van der Waals surface area contributed by atoms with Gasteiger partial charge in [-0.1, -0.05) is 12.1 Å². The number of hydrogen-bond acceptors (Lipinski definition) is 10. The van der Waals surface area contributed by atoms with E-state index in [0.717, 1.165) is 11.4 Å². The van der Waals surface area contributed by atoms with Gasteiger partial charge in [-0.3, -0.25) is 9.36 Å². The van der Waals surface area contributed by atoms with Gasteiger partial charge < -0.3 is 34.1 Å². The summed E-state index contributed by atoms with van der Waals surface area (Å²) in [5.41, 5.74) is 5.78. The summed E-state index contributed by atoms with van der Waals surface area (Å²) in [6.07, 6.45) is 7.30. The van der Waals surface area contributed by atoms with Crippen molar-refractivity contribution in [2.45, 2.75) is 27.7 Å². The van der Waals surface area contributed by atoms with Crippen molar-refractivity contribution in [3.8, 4) is 11.5 Å². The quantitative estimate of drug-likeness (QED) is 0.0269. The molecule has 15 nitrogen and oxygen atoms in total. The summed E-state index contributed by atoms with van der Waals surface area (Å²) in [7, 11) is -1.40. The summed E-state index contributed by atoms with van der Waals surface area (Å²) in [6, 6.07) is 21.7. The molecule has 0 saturated carbocycles. The van der Waals surface area contributed by atoms with E-state index < -0.39 is 31.7 Å². The minimum absolute atomic E-state index is 0. The predicted molar refractivity (Wildman–Crippen MR) is 234 cm³/mol. The molecule has 5 aromatic rings. The molecule has 3 aliphatic rings. The second-order valence-corrected chi connectivity index (χ2v) is 16.2. The summed E-state index contributed by atoms with van der Waals surface area (Å²) in [5, 5.41) is 21.3. The number of benzene rings is 4. The first-order valence-corrected chi connectivity index (χ1v) is 20.9. The molecule has 2 N–H and O–H groups in total. The Labute approximate surface area is 422 Å². The van der Waals surface area contributed by atoms with Crippen molar-refractivity contribution >= 4 is 106 Å². The van der Waals surface area contributed by atoms with E-state index >= 15 is 0 Å². The SMILES string of the molecule is CC1=CC(C(=O)[O-])=C[C+](C)C1=[O+]C(=O)c1c2ccccc2[n+](C)c2ccc(OP(=O)([O-])O)cc12.Cc1cc(C(=O)O)cc(C)c1OC(=O)[C+]1C2=CC(=O)C=CC2=[N+](C)c2ccccc21.[Na+].[Na]. The van der Waals surface area contributed by atoms with Gasteiger partial charge in [0.15, 0.2) is 29.7 Å². The molecule has 0 spiro atoms. The molecule has 8 rings (SSSR count). The zero-order valence-electron chi connectivity index (χ0n) is 37.1. The number of carbonyl (C=O) groups is 5. The van der Waals surface area contributed by atoms with Crippen molar-refractivity contribution in [1.82, 2.24) is 0 Å². The number of aromatic nitrogens is 1. The molecule has 1 unspecified atom stereocenters. The Morgan fingerprint density at radius 3 is 2.14 bits per heavy atom. The third-order valence-corrected chi connectivity index (χ3v) is 11.1. The van der Waals surface area contributed by atoms with E-state index in [4.69, 9.17) is 14.1 Å². The van der Waals surface area contributed by atoms with Crippen LogP contribution in [0.15, 0.2) is 126 Å². The molecular formula is C48H38N2Na2O13P+4. The first-order valence-electron chi connectivity index (χ1n) is 19.4. The van der Waals surface area contributed by atoms with Gasteiger partial charge in [0.1, 0.15) is 41.6 Å². The average molecular weight is 928 g/mol. The van der Waals surface area contributed by atoms with Crippen LogP contribution >= 0.6 is 7.82 Å². The van der Waals surface area contributed by atoms with Crippen molar-refractivity contribution in [3.63, 3.8) is 0 Å². The second kappa shape index (κ2) is 20.4. The number of aryl methyl sites for hydroxylation is 3. The number of hydrogen-bond donors (Lipinski definition) is 2. The van der Waals surface area contributed by atoms with Crippen molar-refractivity contribution < 1.29 is 101 Å². The molecule has 1 aliphatic heterocycles. The summed E-state index contributed by atoms with van der Waals surface area (Å²) in [6.45, 7) is 6.61. The van der Waals surface area contributed by atoms with Crippen LogP contribution in [0.1, 0.15) is 51.3 Å². The zero-order valence-corrected chi connectivity index (χ0v) is 42.0. The fourth-order valence-electron chi connectivity index (χ4n) is 7.90. The van der Waals surface area contributed by atoms with Crippen LogP contribution in [-0.4, -0.2) is 92.3 Å². The number of carboxylic acids is 2. The van der Waals surface area contributed by atoms with E-state index in [9.17, 15) is 43.6 Å². The van der Waals surface area contributed by atoms with Gasteiger partial charge in [0.2, 0.25) is 16.8 Å². The number of phosphoric acid groups is 1. The monoisotopic (exact) mass is 927 g/mol. The average Bonchev–Trinajstić information content (AvgIpc) is 3.23. The van der Waals surface area contributed by atoms with Gasteiger partial charge in [0.05, 0.1) is 45.4 Å². The number of esters is 1. The number of nitrogens with zero attached hydrogens (tertiary/aromatic N) is 2. The van der Waals surface area contributed by atoms with Crippen LogP contribution in [0, 0.1) is 25.7 Å². The number of aliphatic carboxylic acids is 1. The number of allylic oxidation sites excluding steroid dienone is 5. The Balaban J connectivity index is 0.000000242. The van der Waals surface area contributed by atoms with Crippen molar-refractivity contribution in [1.29, 1.82) is 0 Å². The standard InChI is InChI=1S/C24H18NO8P.C24H18NO5.2Na/c1-13-10-15(23(26)27)11-14(2)22(13)32-24(28)21-17-6-4-5-7-19(17)25(3)20-9-8-16(12-18(20)21)33-34(29,30)31;1-13-10-15(23(27)28)11-14(2)22(13)30-24(29)21-17-6-4-5-7-19(17)25(3)20-9-8-16(26)12-18(20)21;;/h4-12H,1-3H3;4-12H,1-3H3;;/q;+1;;+1/p+2. The van der Waals surface area contributed by atoms with Crippen LogP contribution in [0.25, 0.3) is 21.8 Å². The molecule has 1 aromatic heterocycles. The molecule has 2 heterocycles. The molecule has 2 aliphatic carbocycles. The third-order valence-electron chi connectivity index (χ3n) is 10.7. The Morgan fingerprint density at radius 1 is 0.864 bits per heavy atom. The van der Waals surface area contributed by atoms with Gasteiger partial charge in [0.25, 0.3) is 11.4 Å². The third kappa shape index (κ3) is 10.5. The molecule has 18 heteroatoms. The summed E-state index contributed by atoms with van der Waals surface area (Å²) >= 11 is 0. The summed E-state index contributed by atoms with van der Waals surface area (Å²) < 4.78 is 31.1. The molecule has 1 radical (unpaired) electrons. The van der Waals surface area contributed by atoms with Crippen molar-refractivity contribution in [2.24, 2.45) is 7.05 Å². The van der Waals surface area contributed by atoms with Gasteiger partial charge >= 0.3 is 61.1 Å². The van der Waals surface area contributed by atoms with E-state index in [-0.39, 0.29) is 93.1 Å². The largest absolute Gasteiger partial charge is 1.00 e. The van der Waals surface area contributed by atoms with Crippen LogP contribution in [0.5, 0.6) is 11.5 Å². The van der Waals surface area contributed by atoms with Gasteiger partial charge in [0, 0.05) is 73.7 Å². The molecule has 66 heavy (non-hydrogen) atoms. The van der Waals surface area contributed by atoms with Gasteiger partial charge in [-0.2, -0.15) is 4.57 Å². The summed E-state index contributed by atoms with van der Waals surface area (Å²) in [5.74, 6) is -2.86. The van der Waals surface area contributed by atoms with Gasteiger partial charge in [-0.15, -0.1) is 4.58 Å². The Bertz CT molecular complexity index is 3140. The maximum absolute atomic E-state index is 13.5. The van der Waals surface area contributed by atoms with Crippen LogP contribution in [-0.2, 0) is 30.4 Å². The van der Waals surface area contributed by atoms with Crippen molar-refractivity contribution in [3.05, 3.63) is 166 Å². The van der Waals surface area contributed by atoms with Crippen LogP contribution < -0.4 is 53.4 Å². The number of carboxylic acid groups (broad SMARTS) is 2. The van der Waals surface area contributed by atoms with Crippen LogP contribution in [0.3, 0.4) is 0 Å². The normalized spacial score (nSPS) is 15.4. The van der Waals surface area contributed by atoms with Crippen LogP contribution in [0.2, 0.25) is 0 Å². The molecule has 0 amide bonds. The smallest absolute Gasteiger partial charge is 0.746 e. The number of aromatic carboxylic acids is 1. The molecule has 321 valence electrons. The van der Waals surface area contributed by atoms with Gasteiger partial charge in [-0.05, 0) is 67.4 Å². The Hall–Kier alpha value is -5.71. The maximum Gasteiger partial charge on any atom is 1.00 e. The number of phosphoric ester groups is 1. The van der Waals surface area contributed by atoms with E-state index in [1.54, 1.807) is 59.0 Å². The van der Waals surface area contributed by atoms with E-state index in [1.165, 1.54) is 48.6 Å². The molecule has 0 saturated heterocycles. The van der Waals surface area contributed by atoms with E-state index in [2.05, 4.69) is 4.52 Å². The number of carbonyl (C=O) groups excluding carboxylic acids is 5. The molecule has 0 fully saturated rings. The minimum atomic E-state index is -5.07. The number of rotatable bonds is 7. The number of ether oxygens (including phenoxy) is 1. The number of para-hydroxylation sites is 2. The van der Waals surface area contributed by atoms with E-state index in [1.807, 2.05) is 52.6 Å². The van der Waals surface area contributed by atoms with Gasteiger partial charge in [-0.25, -0.2) is 14.0 Å². The first-order chi connectivity index (χ1) is 30.2. The predicted octanol–water partition coefficient (Wildman–Crippen LogP) is 1.08. The van der Waals surface area contributed by atoms with Crippen LogP contribution in [0.4, 0.5) is 5.69 Å². The first kappa shape index (κ1) is 51.3. The minimum Gasteiger partial charge on any atom is -0.746 e. The summed E-state index contributed by atoms with van der Waals surface area (Å²) in [4.78, 5) is 81.7. The Kier molecular flexibility index (Phi) is 15.9. The Morgan fingerprint density at radius 2 is 1.50 bits per heavy atom. The fraction of sp³-hybridized carbons (Fsp3) is 0.125. The number of ketones is 2. The molecule has 1 atom stereocenters. The van der Waals surface area contributed by atoms with Crippen molar-refractivity contribution in [2.75, 3.05) is 7.05 Å². The second-order valence-electron chi connectivity index (χ2n) is 15.1.